The molecule has 0 amide bonds. The fourth-order valence-electron chi connectivity index (χ4n) is 2.60. The molecule has 1 aliphatic rings. The second-order valence-corrected chi connectivity index (χ2v) is 4.79. The van der Waals surface area contributed by atoms with E-state index in [0.29, 0.717) is 5.82 Å². The molecule has 1 heterocycles. The molecule has 4 heteroatoms. The van der Waals surface area contributed by atoms with Gasteiger partial charge in [0, 0.05) is 12.6 Å². The van der Waals surface area contributed by atoms with E-state index in [1.54, 1.807) is 12.4 Å². The van der Waals surface area contributed by atoms with E-state index in [0.717, 1.165) is 24.8 Å². The van der Waals surface area contributed by atoms with Crippen LogP contribution in [0.25, 0.3) is 0 Å². The lowest BCUT2D eigenvalue weighted by Crippen LogP contribution is -2.36. The SMILES string of the molecule is CCN(Cc1cnc(N)cn1)C1CCCCC1. The summed E-state index contributed by atoms with van der Waals surface area (Å²) in [6.07, 6.45) is 10.2. The van der Waals surface area contributed by atoms with Crippen LogP contribution in [0.5, 0.6) is 0 Å². The first-order chi connectivity index (χ1) is 8.29. The highest BCUT2D eigenvalue weighted by atomic mass is 15.2. The number of hydrogen-bond donors (Lipinski definition) is 1. The van der Waals surface area contributed by atoms with Crippen LogP contribution in [0, 0.1) is 0 Å². The van der Waals surface area contributed by atoms with E-state index in [4.69, 9.17) is 5.73 Å². The molecule has 2 N–H and O–H groups in total. The van der Waals surface area contributed by atoms with Crippen LogP contribution in [0.3, 0.4) is 0 Å². The molecule has 1 aromatic heterocycles. The molecule has 0 unspecified atom stereocenters. The van der Waals surface area contributed by atoms with Crippen molar-refractivity contribution >= 4 is 5.82 Å². The summed E-state index contributed by atoms with van der Waals surface area (Å²) in [6.45, 7) is 4.20. The molecule has 0 aromatic carbocycles. The van der Waals surface area contributed by atoms with E-state index in [1.807, 2.05) is 0 Å². The molecule has 4 nitrogen and oxygen atoms in total. The predicted octanol–water partition coefficient (Wildman–Crippen LogP) is 2.21. The Morgan fingerprint density at radius 2 is 2.00 bits per heavy atom. The van der Waals surface area contributed by atoms with Crippen LogP contribution in [0.1, 0.15) is 44.7 Å². The molecule has 0 atom stereocenters. The van der Waals surface area contributed by atoms with Gasteiger partial charge in [-0.3, -0.25) is 9.88 Å². The van der Waals surface area contributed by atoms with Crippen LogP contribution in [0.15, 0.2) is 12.4 Å². The van der Waals surface area contributed by atoms with Gasteiger partial charge in [-0.05, 0) is 19.4 Å². The van der Waals surface area contributed by atoms with Crippen LogP contribution >= 0.6 is 0 Å². The molecule has 1 aromatic rings. The average molecular weight is 234 g/mol. The van der Waals surface area contributed by atoms with Gasteiger partial charge in [0.25, 0.3) is 0 Å². The Morgan fingerprint density at radius 3 is 2.59 bits per heavy atom. The van der Waals surface area contributed by atoms with Crippen LogP contribution < -0.4 is 5.73 Å². The highest BCUT2D eigenvalue weighted by molar-refractivity contribution is 5.22. The smallest absolute Gasteiger partial charge is 0.141 e. The van der Waals surface area contributed by atoms with Crippen molar-refractivity contribution in [3.05, 3.63) is 18.1 Å². The molecular formula is C13H22N4. The molecule has 0 aliphatic heterocycles. The van der Waals surface area contributed by atoms with Crippen molar-refractivity contribution in [3.8, 4) is 0 Å². The second-order valence-electron chi connectivity index (χ2n) is 4.79. The van der Waals surface area contributed by atoms with Crippen molar-refractivity contribution in [2.24, 2.45) is 0 Å². The maximum atomic E-state index is 5.55. The zero-order chi connectivity index (χ0) is 12.1. The van der Waals surface area contributed by atoms with Gasteiger partial charge in [0.05, 0.1) is 18.1 Å². The quantitative estimate of drug-likeness (QED) is 0.868. The van der Waals surface area contributed by atoms with Gasteiger partial charge < -0.3 is 5.73 Å². The summed E-state index contributed by atoms with van der Waals surface area (Å²) in [5, 5.41) is 0. The Labute approximate surface area is 103 Å². The van der Waals surface area contributed by atoms with Crippen molar-refractivity contribution in [2.45, 2.75) is 51.6 Å². The maximum absolute atomic E-state index is 5.55. The highest BCUT2D eigenvalue weighted by Crippen LogP contribution is 2.23. The van der Waals surface area contributed by atoms with Gasteiger partial charge in [-0.15, -0.1) is 0 Å². The third kappa shape index (κ3) is 3.40. The monoisotopic (exact) mass is 234 g/mol. The van der Waals surface area contributed by atoms with E-state index in [-0.39, 0.29) is 0 Å². The number of aromatic nitrogens is 2. The number of nitrogens with zero attached hydrogens (tertiary/aromatic N) is 3. The summed E-state index contributed by atoms with van der Waals surface area (Å²) in [6, 6.07) is 0.730. The number of rotatable bonds is 4. The zero-order valence-electron chi connectivity index (χ0n) is 10.6. The lowest BCUT2D eigenvalue weighted by Gasteiger charge is -2.33. The van der Waals surface area contributed by atoms with E-state index < -0.39 is 0 Å². The highest BCUT2D eigenvalue weighted by Gasteiger charge is 2.20. The molecule has 17 heavy (non-hydrogen) atoms. The summed E-state index contributed by atoms with van der Waals surface area (Å²) in [4.78, 5) is 10.9. The lowest BCUT2D eigenvalue weighted by molar-refractivity contribution is 0.154. The van der Waals surface area contributed by atoms with E-state index in [1.165, 1.54) is 32.1 Å². The molecule has 0 spiro atoms. The van der Waals surface area contributed by atoms with Crippen LogP contribution in [-0.2, 0) is 6.54 Å². The van der Waals surface area contributed by atoms with Crippen molar-refractivity contribution in [1.29, 1.82) is 0 Å². The third-order valence-corrected chi connectivity index (χ3v) is 3.59. The normalized spacial score (nSPS) is 17.5. The minimum absolute atomic E-state index is 0.495. The first-order valence-corrected chi connectivity index (χ1v) is 6.60. The van der Waals surface area contributed by atoms with Gasteiger partial charge >= 0.3 is 0 Å². The summed E-state index contributed by atoms with van der Waals surface area (Å²) in [5.41, 5.74) is 6.57. The van der Waals surface area contributed by atoms with E-state index in [2.05, 4.69) is 21.8 Å². The standard InChI is InChI=1S/C13H22N4/c1-2-17(12-6-4-3-5-7-12)10-11-8-16-13(14)9-15-11/h8-9,12H,2-7,10H2,1H3,(H2,14,16). The zero-order valence-corrected chi connectivity index (χ0v) is 10.6. The molecule has 0 saturated heterocycles. The summed E-state index contributed by atoms with van der Waals surface area (Å²) in [5.74, 6) is 0.495. The van der Waals surface area contributed by atoms with Crippen LogP contribution in [-0.4, -0.2) is 27.5 Å². The van der Waals surface area contributed by atoms with Crippen LogP contribution in [0.2, 0.25) is 0 Å². The Bertz CT molecular complexity index is 330. The third-order valence-electron chi connectivity index (χ3n) is 3.59. The molecule has 2 rings (SSSR count). The Kier molecular flexibility index (Phi) is 4.31. The number of hydrogen-bond acceptors (Lipinski definition) is 4. The number of nitrogens with two attached hydrogens (primary N) is 1. The second kappa shape index (κ2) is 5.96. The molecular weight excluding hydrogens is 212 g/mol. The fraction of sp³-hybridized carbons (Fsp3) is 0.692. The lowest BCUT2D eigenvalue weighted by atomic mass is 9.94. The minimum Gasteiger partial charge on any atom is -0.382 e. The topological polar surface area (TPSA) is 55.0 Å². The first-order valence-electron chi connectivity index (χ1n) is 6.60. The summed E-state index contributed by atoms with van der Waals surface area (Å²) in [7, 11) is 0. The largest absolute Gasteiger partial charge is 0.382 e. The molecule has 94 valence electrons. The predicted molar refractivity (Wildman–Crippen MR) is 69.4 cm³/mol. The molecule has 1 fully saturated rings. The Hall–Kier alpha value is -1.16. The molecule has 1 aliphatic carbocycles. The molecule has 1 saturated carbocycles. The molecule has 0 bridgehead atoms. The maximum Gasteiger partial charge on any atom is 0.141 e. The molecule has 0 radical (unpaired) electrons. The average Bonchev–Trinajstić information content (AvgIpc) is 2.39. The first kappa shape index (κ1) is 12.3. The minimum atomic E-state index is 0.495. The van der Waals surface area contributed by atoms with Gasteiger partial charge in [-0.1, -0.05) is 26.2 Å². The number of anilines is 1. The summed E-state index contributed by atoms with van der Waals surface area (Å²) < 4.78 is 0. The van der Waals surface area contributed by atoms with Crippen molar-refractivity contribution in [3.63, 3.8) is 0 Å². The van der Waals surface area contributed by atoms with Crippen molar-refractivity contribution in [2.75, 3.05) is 12.3 Å². The number of nitrogen functional groups attached to an aromatic ring is 1. The van der Waals surface area contributed by atoms with Crippen molar-refractivity contribution in [1.82, 2.24) is 14.9 Å². The van der Waals surface area contributed by atoms with Gasteiger partial charge in [-0.25, -0.2) is 4.98 Å². The van der Waals surface area contributed by atoms with Gasteiger partial charge in [0.15, 0.2) is 0 Å². The Balaban J connectivity index is 1.96. The van der Waals surface area contributed by atoms with Gasteiger partial charge in [0.1, 0.15) is 5.82 Å². The Morgan fingerprint density at radius 1 is 1.24 bits per heavy atom. The van der Waals surface area contributed by atoms with Gasteiger partial charge in [0.2, 0.25) is 0 Å². The van der Waals surface area contributed by atoms with E-state index in [9.17, 15) is 0 Å². The van der Waals surface area contributed by atoms with E-state index >= 15 is 0 Å². The van der Waals surface area contributed by atoms with Crippen LogP contribution in [0.4, 0.5) is 5.82 Å². The van der Waals surface area contributed by atoms with Gasteiger partial charge in [-0.2, -0.15) is 0 Å². The summed E-state index contributed by atoms with van der Waals surface area (Å²) >= 11 is 0. The van der Waals surface area contributed by atoms with Crippen molar-refractivity contribution < 1.29 is 0 Å². The fourth-order valence-corrected chi connectivity index (χ4v) is 2.60.